The number of nitrogens with zero attached hydrogens (tertiary/aromatic N) is 2. The fraction of sp³-hybridized carbons (Fsp3) is 0.111. The highest BCUT2D eigenvalue weighted by Crippen LogP contribution is 2.21. The largest absolute Gasteiger partial charge is 0.477 e. The van der Waals surface area contributed by atoms with Crippen LogP contribution in [-0.4, -0.2) is 6.61 Å². The van der Waals surface area contributed by atoms with Gasteiger partial charge in [-0.25, -0.2) is 0 Å². The van der Waals surface area contributed by atoms with Crippen LogP contribution < -0.4 is 4.74 Å². The van der Waals surface area contributed by atoms with Crippen LogP contribution in [0.15, 0.2) is 18.2 Å². The van der Waals surface area contributed by atoms with E-state index in [9.17, 15) is 0 Å². The van der Waals surface area contributed by atoms with E-state index in [1.165, 1.54) is 6.07 Å². The number of ether oxygens (including phenoxy) is 1. The molecule has 0 bridgehead atoms. The summed E-state index contributed by atoms with van der Waals surface area (Å²) >= 11 is 5.66. The standard InChI is InChI=1S/C9H5ClN2O/c10-8-1-2-9(13-4-3-11)7(5-8)6-12/h1-2,5H,4H2. The van der Waals surface area contributed by atoms with Gasteiger partial charge in [0.2, 0.25) is 0 Å². The van der Waals surface area contributed by atoms with E-state index in [0.717, 1.165) is 0 Å². The molecule has 0 spiro atoms. The third-order valence-electron chi connectivity index (χ3n) is 1.35. The van der Waals surface area contributed by atoms with Crippen LogP contribution >= 0.6 is 11.6 Å². The molecular formula is C9H5ClN2O. The molecule has 3 nitrogen and oxygen atoms in total. The number of hydrogen-bond acceptors (Lipinski definition) is 3. The first-order valence-electron chi connectivity index (χ1n) is 3.47. The molecule has 0 aliphatic carbocycles. The predicted molar refractivity (Wildman–Crippen MR) is 47.3 cm³/mol. The molecule has 13 heavy (non-hydrogen) atoms. The van der Waals surface area contributed by atoms with Crippen molar-refractivity contribution < 1.29 is 4.74 Å². The zero-order chi connectivity index (χ0) is 9.68. The quantitative estimate of drug-likeness (QED) is 0.721. The zero-order valence-corrected chi connectivity index (χ0v) is 7.38. The van der Waals surface area contributed by atoms with Crippen molar-refractivity contribution in [2.75, 3.05) is 6.61 Å². The number of nitriles is 2. The summed E-state index contributed by atoms with van der Waals surface area (Å²) in [4.78, 5) is 0. The second kappa shape index (κ2) is 4.35. The number of halogens is 1. The summed E-state index contributed by atoms with van der Waals surface area (Å²) in [7, 11) is 0. The number of rotatable bonds is 2. The predicted octanol–water partition coefficient (Wildman–Crippen LogP) is 2.11. The highest BCUT2D eigenvalue weighted by Gasteiger charge is 2.02. The molecule has 0 saturated carbocycles. The summed E-state index contributed by atoms with van der Waals surface area (Å²) in [5, 5.41) is 17.4. The molecule has 0 N–H and O–H groups in total. The number of benzene rings is 1. The lowest BCUT2D eigenvalue weighted by Gasteiger charge is -2.02. The first-order valence-corrected chi connectivity index (χ1v) is 3.85. The maximum Gasteiger partial charge on any atom is 0.174 e. The van der Waals surface area contributed by atoms with Gasteiger partial charge in [0.25, 0.3) is 0 Å². The van der Waals surface area contributed by atoms with Gasteiger partial charge in [-0.2, -0.15) is 10.5 Å². The van der Waals surface area contributed by atoms with Crippen molar-refractivity contribution in [3.8, 4) is 17.9 Å². The summed E-state index contributed by atoms with van der Waals surface area (Å²) in [5.41, 5.74) is 0.336. The number of hydrogen-bond donors (Lipinski definition) is 0. The fourth-order valence-corrected chi connectivity index (χ4v) is 0.998. The second-order valence-electron chi connectivity index (χ2n) is 2.20. The summed E-state index contributed by atoms with van der Waals surface area (Å²) in [6.07, 6.45) is 0. The monoisotopic (exact) mass is 192 g/mol. The highest BCUT2D eigenvalue weighted by atomic mass is 35.5. The van der Waals surface area contributed by atoms with Gasteiger partial charge in [0.15, 0.2) is 6.61 Å². The van der Waals surface area contributed by atoms with Crippen LogP contribution in [0.2, 0.25) is 5.02 Å². The second-order valence-corrected chi connectivity index (χ2v) is 2.64. The molecule has 0 atom stereocenters. The summed E-state index contributed by atoms with van der Waals surface area (Å²) < 4.78 is 4.99. The molecule has 1 aromatic carbocycles. The Balaban J connectivity index is 2.96. The van der Waals surface area contributed by atoms with E-state index in [4.69, 9.17) is 26.9 Å². The van der Waals surface area contributed by atoms with Gasteiger partial charge in [0.1, 0.15) is 17.9 Å². The molecule has 1 rings (SSSR count). The SMILES string of the molecule is N#CCOc1ccc(Cl)cc1C#N. The van der Waals surface area contributed by atoms with Gasteiger partial charge >= 0.3 is 0 Å². The summed E-state index contributed by atoms with van der Waals surface area (Å²) in [5.74, 6) is 0.383. The molecule has 0 amide bonds. The third kappa shape index (κ3) is 2.37. The van der Waals surface area contributed by atoms with Crippen LogP contribution in [0.3, 0.4) is 0 Å². The van der Waals surface area contributed by atoms with Gasteiger partial charge in [-0.05, 0) is 18.2 Å². The van der Waals surface area contributed by atoms with E-state index >= 15 is 0 Å². The molecule has 64 valence electrons. The lowest BCUT2D eigenvalue weighted by atomic mass is 10.2. The Kier molecular flexibility index (Phi) is 3.14. The van der Waals surface area contributed by atoms with Crippen LogP contribution in [0.4, 0.5) is 0 Å². The normalized spacial score (nSPS) is 8.54. The third-order valence-corrected chi connectivity index (χ3v) is 1.59. The van der Waals surface area contributed by atoms with E-state index in [1.807, 2.05) is 12.1 Å². The van der Waals surface area contributed by atoms with Crippen molar-refractivity contribution in [2.24, 2.45) is 0 Å². The van der Waals surface area contributed by atoms with E-state index in [1.54, 1.807) is 12.1 Å². The highest BCUT2D eigenvalue weighted by molar-refractivity contribution is 6.30. The lowest BCUT2D eigenvalue weighted by Crippen LogP contribution is -1.95. The van der Waals surface area contributed by atoms with Crippen LogP contribution in [0, 0.1) is 22.7 Å². The van der Waals surface area contributed by atoms with E-state index in [0.29, 0.717) is 16.3 Å². The smallest absolute Gasteiger partial charge is 0.174 e. The Hall–Kier alpha value is -1.71. The van der Waals surface area contributed by atoms with Crippen LogP contribution in [0.25, 0.3) is 0 Å². The first kappa shape index (κ1) is 9.38. The fourth-order valence-electron chi connectivity index (χ4n) is 0.825. The molecule has 4 heteroatoms. The Morgan fingerprint density at radius 1 is 1.38 bits per heavy atom. The molecule has 0 aliphatic rings. The molecule has 0 aromatic heterocycles. The first-order chi connectivity index (χ1) is 6.27. The van der Waals surface area contributed by atoms with Gasteiger partial charge in [0, 0.05) is 5.02 Å². The topological polar surface area (TPSA) is 56.8 Å². The average molecular weight is 193 g/mol. The Morgan fingerprint density at radius 2 is 2.15 bits per heavy atom. The Labute approximate surface area is 80.7 Å². The molecule has 1 aromatic rings. The minimum atomic E-state index is -0.0731. The van der Waals surface area contributed by atoms with Crippen LogP contribution in [0.5, 0.6) is 5.75 Å². The molecule has 0 radical (unpaired) electrons. The summed E-state index contributed by atoms with van der Waals surface area (Å²) in [6, 6.07) is 8.41. The van der Waals surface area contributed by atoms with E-state index in [-0.39, 0.29) is 6.61 Å². The van der Waals surface area contributed by atoms with Crippen molar-refractivity contribution in [1.29, 1.82) is 10.5 Å². The molecule has 0 aliphatic heterocycles. The lowest BCUT2D eigenvalue weighted by molar-refractivity contribution is 0.367. The van der Waals surface area contributed by atoms with Gasteiger partial charge < -0.3 is 4.74 Å². The maximum absolute atomic E-state index is 8.67. The Bertz CT molecular complexity index is 390. The molecule has 0 heterocycles. The van der Waals surface area contributed by atoms with Crippen molar-refractivity contribution in [2.45, 2.75) is 0 Å². The Morgan fingerprint density at radius 3 is 2.77 bits per heavy atom. The summed E-state index contributed by atoms with van der Waals surface area (Å²) in [6.45, 7) is -0.0731. The minimum absolute atomic E-state index is 0.0731. The zero-order valence-electron chi connectivity index (χ0n) is 6.62. The van der Waals surface area contributed by atoms with Crippen LogP contribution in [-0.2, 0) is 0 Å². The average Bonchev–Trinajstić information content (AvgIpc) is 2.16. The maximum atomic E-state index is 8.67. The van der Waals surface area contributed by atoms with Gasteiger partial charge in [-0.1, -0.05) is 11.6 Å². The van der Waals surface area contributed by atoms with Crippen molar-refractivity contribution in [1.82, 2.24) is 0 Å². The van der Waals surface area contributed by atoms with Crippen molar-refractivity contribution in [3.63, 3.8) is 0 Å². The molecule has 0 fully saturated rings. The van der Waals surface area contributed by atoms with E-state index in [2.05, 4.69) is 0 Å². The van der Waals surface area contributed by atoms with Crippen LogP contribution in [0.1, 0.15) is 5.56 Å². The van der Waals surface area contributed by atoms with E-state index < -0.39 is 0 Å². The van der Waals surface area contributed by atoms with Crippen molar-refractivity contribution >= 4 is 11.6 Å². The van der Waals surface area contributed by atoms with Gasteiger partial charge in [0.05, 0.1) is 5.56 Å². The molecular weight excluding hydrogens is 188 g/mol. The van der Waals surface area contributed by atoms with Gasteiger partial charge in [-0.3, -0.25) is 0 Å². The molecule has 0 unspecified atom stereocenters. The van der Waals surface area contributed by atoms with Gasteiger partial charge in [-0.15, -0.1) is 0 Å². The minimum Gasteiger partial charge on any atom is -0.477 e. The van der Waals surface area contributed by atoms with Crippen molar-refractivity contribution in [3.05, 3.63) is 28.8 Å². The molecule has 0 saturated heterocycles.